The lowest BCUT2D eigenvalue weighted by Gasteiger charge is -2.22. The highest BCUT2D eigenvalue weighted by Gasteiger charge is 2.17. The standard InChI is InChI=1S/C17H22N6O2.ClH/c18-17(25)20-10-12-3-5-13(6-4-12)21-16(24)15-7-9-23(22-15)14-2-1-8-19-11-14;/h3-7,9,14,19H,1-2,8,10-11H2,(H,21,24)(H3,18,20,25);1H. The van der Waals surface area contributed by atoms with Crippen molar-refractivity contribution in [2.75, 3.05) is 18.4 Å². The molecule has 1 fully saturated rings. The Morgan fingerprint density at radius 1 is 1.27 bits per heavy atom. The van der Waals surface area contributed by atoms with Gasteiger partial charge in [-0.15, -0.1) is 12.4 Å². The highest BCUT2D eigenvalue weighted by atomic mass is 35.5. The number of hydrogen-bond acceptors (Lipinski definition) is 4. The molecular weight excluding hydrogens is 356 g/mol. The van der Waals surface area contributed by atoms with Gasteiger partial charge in [0.15, 0.2) is 5.69 Å². The van der Waals surface area contributed by atoms with Crippen molar-refractivity contribution in [1.82, 2.24) is 20.4 Å². The van der Waals surface area contributed by atoms with Gasteiger partial charge in [-0.3, -0.25) is 9.48 Å². The molecule has 8 nitrogen and oxygen atoms in total. The van der Waals surface area contributed by atoms with E-state index in [0.717, 1.165) is 31.5 Å². The van der Waals surface area contributed by atoms with Crippen LogP contribution in [0.4, 0.5) is 10.5 Å². The SMILES string of the molecule is Cl.NC(=O)NCc1ccc(NC(=O)c2ccn(C3CCCNC3)n2)cc1. The second kappa shape index (κ2) is 9.21. The largest absolute Gasteiger partial charge is 0.352 e. The van der Waals surface area contributed by atoms with Crippen molar-refractivity contribution in [3.8, 4) is 0 Å². The normalized spacial score (nSPS) is 16.4. The van der Waals surface area contributed by atoms with Crippen LogP contribution in [0.15, 0.2) is 36.5 Å². The zero-order valence-corrected chi connectivity index (χ0v) is 15.1. The molecule has 1 aromatic carbocycles. The van der Waals surface area contributed by atoms with Crippen molar-refractivity contribution in [3.05, 3.63) is 47.8 Å². The summed E-state index contributed by atoms with van der Waals surface area (Å²) in [6, 6.07) is 8.65. The summed E-state index contributed by atoms with van der Waals surface area (Å²) in [4.78, 5) is 23.0. The molecule has 0 radical (unpaired) electrons. The van der Waals surface area contributed by atoms with Crippen LogP contribution in [-0.4, -0.2) is 34.8 Å². The molecular formula is C17H23ClN6O2. The average molecular weight is 379 g/mol. The number of nitrogens with one attached hydrogen (secondary N) is 3. The molecule has 0 spiro atoms. The lowest BCUT2D eigenvalue weighted by atomic mass is 10.1. The van der Waals surface area contributed by atoms with E-state index in [1.165, 1.54) is 0 Å². The van der Waals surface area contributed by atoms with E-state index in [4.69, 9.17) is 5.73 Å². The number of primary amides is 1. The van der Waals surface area contributed by atoms with Gasteiger partial charge in [0.1, 0.15) is 0 Å². The quantitative estimate of drug-likeness (QED) is 0.633. The van der Waals surface area contributed by atoms with Crippen LogP contribution < -0.4 is 21.7 Å². The lowest BCUT2D eigenvalue weighted by molar-refractivity contribution is 0.102. The number of aromatic nitrogens is 2. The predicted molar refractivity (Wildman–Crippen MR) is 101 cm³/mol. The van der Waals surface area contributed by atoms with Crippen molar-refractivity contribution in [1.29, 1.82) is 0 Å². The number of nitrogens with zero attached hydrogens (tertiary/aromatic N) is 2. The van der Waals surface area contributed by atoms with Gasteiger partial charge < -0.3 is 21.7 Å². The Bertz CT molecular complexity index is 740. The first-order valence-corrected chi connectivity index (χ1v) is 8.31. The van der Waals surface area contributed by atoms with Crippen LogP contribution >= 0.6 is 12.4 Å². The van der Waals surface area contributed by atoms with E-state index >= 15 is 0 Å². The Balaban J connectivity index is 0.00000243. The van der Waals surface area contributed by atoms with E-state index in [-0.39, 0.29) is 18.3 Å². The van der Waals surface area contributed by atoms with Gasteiger partial charge in [0.25, 0.3) is 5.91 Å². The van der Waals surface area contributed by atoms with Gasteiger partial charge in [-0.25, -0.2) is 4.79 Å². The molecule has 26 heavy (non-hydrogen) atoms. The highest BCUT2D eigenvalue weighted by Crippen LogP contribution is 2.16. The highest BCUT2D eigenvalue weighted by molar-refractivity contribution is 6.02. The molecule has 140 valence electrons. The smallest absolute Gasteiger partial charge is 0.312 e. The number of benzene rings is 1. The molecule has 1 saturated heterocycles. The number of piperidine rings is 1. The summed E-state index contributed by atoms with van der Waals surface area (Å²) in [6.45, 7) is 2.27. The Morgan fingerprint density at radius 3 is 2.69 bits per heavy atom. The number of carbonyl (C=O) groups excluding carboxylic acids is 2. The fourth-order valence-electron chi connectivity index (χ4n) is 2.81. The van der Waals surface area contributed by atoms with Crippen LogP contribution in [0, 0.1) is 0 Å². The van der Waals surface area contributed by atoms with E-state index in [0.29, 0.717) is 24.0 Å². The minimum absolute atomic E-state index is 0. The first-order chi connectivity index (χ1) is 12.1. The number of nitrogens with two attached hydrogens (primary N) is 1. The van der Waals surface area contributed by atoms with Crippen LogP contribution in [0.3, 0.4) is 0 Å². The van der Waals surface area contributed by atoms with Gasteiger partial charge in [0, 0.05) is 25.0 Å². The Morgan fingerprint density at radius 2 is 2.04 bits per heavy atom. The minimum Gasteiger partial charge on any atom is -0.352 e. The van der Waals surface area contributed by atoms with Crippen molar-refractivity contribution in [3.63, 3.8) is 0 Å². The van der Waals surface area contributed by atoms with Crippen molar-refractivity contribution < 1.29 is 9.59 Å². The third kappa shape index (κ3) is 5.21. The van der Waals surface area contributed by atoms with Crippen LogP contribution in [0.25, 0.3) is 0 Å². The Kier molecular flexibility index (Phi) is 6.99. The summed E-state index contributed by atoms with van der Waals surface area (Å²) >= 11 is 0. The average Bonchev–Trinajstić information content (AvgIpc) is 3.12. The van der Waals surface area contributed by atoms with Gasteiger partial charge >= 0.3 is 6.03 Å². The lowest BCUT2D eigenvalue weighted by Crippen LogP contribution is -2.32. The zero-order valence-electron chi connectivity index (χ0n) is 14.3. The van der Waals surface area contributed by atoms with Gasteiger partial charge in [0.05, 0.1) is 6.04 Å². The van der Waals surface area contributed by atoms with E-state index < -0.39 is 6.03 Å². The molecule has 3 amide bonds. The third-order valence-electron chi connectivity index (χ3n) is 4.16. The molecule has 0 aliphatic carbocycles. The molecule has 1 aliphatic rings. The third-order valence-corrected chi connectivity index (χ3v) is 4.16. The maximum atomic E-state index is 12.3. The molecule has 1 aliphatic heterocycles. The first kappa shape index (κ1) is 19.7. The number of amides is 3. The summed E-state index contributed by atoms with van der Waals surface area (Å²) < 4.78 is 1.86. The molecule has 0 saturated carbocycles. The summed E-state index contributed by atoms with van der Waals surface area (Å²) in [5.41, 5.74) is 6.99. The number of carbonyl (C=O) groups is 2. The molecule has 9 heteroatoms. The van der Waals surface area contributed by atoms with E-state index in [2.05, 4.69) is 21.0 Å². The van der Waals surface area contributed by atoms with Gasteiger partial charge in [0.2, 0.25) is 0 Å². The van der Waals surface area contributed by atoms with E-state index in [9.17, 15) is 9.59 Å². The molecule has 2 heterocycles. The summed E-state index contributed by atoms with van der Waals surface area (Å²) in [5, 5.41) is 13.1. The minimum atomic E-state index is -0.568. The maximum absolute atomic E-state index is 12.3. The van der Waals surface area contributed by atoms with Crippen LogP contribution in [0.5, 0.6) is 0 Å². The van der Waals surface area contributed by atoms with Crippen molar-refractivity contribution in [2.45, 2.75) is 25.4 Å². The molecule has 1 aromatic heterocycles. The van der Waals surface area contributed by atoms with Crippen molar-refractivity contribution in [2.24, 2.45) is 5.73 Å². The molecule has 0 bridgehead atoms. The molecule has 2 aromatic rings. The molecule has 5 N–H and O–H groups in total. The second-order valence-electron chi connectivity index (χ2n) is 6.05. The van der Waals surface area contributed by atoms with Gasteiger partial charge in [-0.05, 0) is 43.1 Å². The first-order valence-electron chi connectivity index (χ1n) is 8.31. The Labute approximate surface area is 157 Å². The number of hydrogen-bond donors (Lipinski definition) is 4. The van der Waals surface area contributed by atoms with E-state index in [1.54, 1.807) is 18.2 Å². The van der Waals surface area contributed by atoms with Gasteiger partial charge in [-0.2, -0.15) is 5.10 Å². The monoisotopic (exact) mass is 378 g/mol. The number of halogens is 1. The Hall–Kier alpha value is -2.58. The van der Waals surface area contributed by atoms with Crippen molar-refractivity contribution >= 4 is 30.0 Å². The van der Waals surface area contributed by atoms with Gasteiger partial charge in [-0.1, -0.05) is 12.1 Å². The fraction of sp³-hybridized carbons (Fsp3) is 0.353. The van der Waals surface area contributed by atoms with Crippen LogP contribution in [-0.2, 0) is 6.54 Å². The molecule has 1 unspecified atom stereocenters. The van der Waals surface area contributed by atoms with Crippen LogP contribution in [0.2, 0.25) is 0 Å². The number of urea groups is 1. The summed E-state index contributed by atoms with van der Waals surface area (Å²) in [6.07, 6.45) is 4.03. The topological polar surface area (TPSA) is 114 Å². The summed E-state index contributed by atoms with van der Waals surface area (Å²) in [5.74, 6) is -0.245. The maximum Gasteiger partial charge on any atom is 0.312 e. The van der Waals surface area contributed by atoms with Crippen LogP contribution in [0.1, 0.15) is 34.9 Å². The van der Waals surface area contributed by atoms with E-state index in [1.807, 2.05) is 23.0 Å². The predicted octanol–water partition coefficient (Wildman–Crippen LogP) is 1.65. The number of rotatable bonds is 5. The molecule has 3 rings (SSSR count). The zero-order chi connectivity index (χ0) is 17.6. The summed E-state index contributed by atoms with van der Waals surface area (Å²) in [7, 11) is 0. The molecule has 1 atom stereocenters. The second-order valence-corrected chi connectivity index (χ2v) is 6.05. The number of anilines is 1. The fourth-order valence-corrected chi connectivity index (χ4v) is 2.81.